The molecule has 0 radical (unpaired) electrons. The predicted molar refractivity (Wildman–Crippen MR) is 130 cm³/mol. The van der Waals surface area contributed by atoms with E-state index in [9.17, 15) is 9.35 Å². The van der Waals surface area contributed by atoms with Gasteiger partial charge in [-0.1, -0.05) is 43.5 Å². The van der Waals surface area contributed by atoms with Gasteiger partial charge in [-0.05, 0) is 30.7 Å². The van der Waals surface area contributed by atoms with E-state index in [1.165, 1.54) is 21.1 Å². The third-order valence-corrected chi connectivity index (χ3v) is 6.88. The average molecular weight is 491 g/mol. The Morgan fingerprint density at radius 3 is 2.30 bits per heavy atom. The van der Waals surface area contributed by atoms with Crippen molar-refractivity contribution < 1.29 is 28.3 Å². The molecule has 0 saturated heterocycles. The first-order valence-electron chi connectivity index (χ1n) is 10.6. The summed E-state index contributed by atoms with van der Waals surface area (Å²) in [5.41, 5.74) is 0. The van der Waals surface area contributed by atoms with E-state index in [0.29, 0.717) is 43.7 Å². The molecule has 0 fully saturated rings. The molecule has 176 valence electrons. The van der Waals surface area contributed by atoms with E-state index in [0.717, 1.165) is 19.3 Å². The monoisotopic (exact) mass is 490 g/mol. The van der Waals surface area contributed by atoms with E-state index in [2.05, 4.69) is 6.92 Å². The summed E-state index contributed by atoms with van der Waals surface area (Å²) < 4.78 is 36.1. The van der Waals surface area contributed by atoms with Gasteiger partial charge in [-0.2, -0.15) is 0 Å². The minimum Gasteiger partial charge on any atom is -0.606 e. The van der Waals surface area contributed by atoms with Crippen LogP contribution >= 0.6 is 11.6 Å². The zero-order chi connectivity index (χ0) is 24.0. The maximum Gasteiger partial charge on any atom is 0.308 e. The molecule has 0 spiro atoms. The smallest absolute Gasteiger partial charge is 0.308 e. The van der Waals surface area contributed by atoms with Crippen LogP contribution in [0.4, 0.5) is 0 Å². The first kappa shape index (κ1) is 25.0. The quantitative estimate of drug-likeness (QED) is 0.146. The highest BCUT2D eigenvalue weighted by molar-refractivity contribution is 7.91. The normalized spacial score (nSPS) is 11.8. The van der Waals surface area contributed by atoms with Gasteiger partial charge in [0.05, 0.1) is 25.8 Å². The number of halogens is 1. The summed E-state index contributed by atoms with van der Waals surface area (Å²) in [5, 5.41) is 1.58. The van der Waals surface area contributed by atoms with Crippen LogP contribution in [0, 0.1) is 0 Å². The molecule has 0 aliphatic rings. The minimum absolute atomic E-state index is 0.177. The van der Waals surface area contributed by atoms with Crippen molar-refractivity contribution in [1.82, 2.24) is 0 Å². The second-order valence-electron chi connectivity index (χ2n) is 7.28. The van der Waals surface area contributed by atoms with E-state index >= 15 is 0 Å². The first-order chi connectivity index (χ1) is 15.9. The molecule has 0 aliphatic heterocycles. The number of hydrogen-bond donors (Lipinski definition) is 0. The summed E-state index contributed by atoms with van der Waals surface area (Å²) in [6.07, 6.45) is 2.97. The Bertz CT molecular complexity index is 1130. The van der Waals surface area contributed by atoms with Crippen molar-refractivity contribution in [2.24, 2.45) is 0 Å². The van der Waals surface area contributed by atoms with Crippen molar-refractivity contribution in [3.63, 3.8) is 0 Å². The topological polar surface area (TPSA) is 77.0 Å². The van der Waals surface area contributed by atoms with E-state index in [1.807, 2.05) is 0 Å². The summed E-state index contributed by atoms with van der Waals surface area (Å²) >= 11 is 4.71. The van der Waals surface area contributed by atoms with Gasteiger partial charge in [0.25, 0.3) is 0 Å². The second-order valence-corrected chi connectivity index (χ2v) is 9.14. The van der Waals surface area contributed by atoms with Gasteiger partial charge in [0.2, 0.25) is 11.5 Å². The van der Waals surface area contributed by atoms with Crippen molar-refractivity contribution in [2.45, 2.75) is 42.9 Å². The summed E-state index contributed by atoms with van der Waals surface area (Å²) in [6.45, 7) is 3.91. The van der Waals surface area contributed by atoms with Gasteiger partial charge in [-0.3, -0.25) is 4.79 Å². The number of esters is 1. The molecule has 33 heavy (non-hydrogen) atoms. The Morgan fingerprint density at radius 2 is 1.67 bits per heavy atom. The summed E-state index contributed by atoms with van der Waals surface area (Å²) in [6, 6.07) is 12.2. The molecule has 1 atom stereocenters. The highest BCUT2D eigenvalue weighted by Crippen LogP contribution is 2.51. The zero-order valence-corrected chi connectivity index (χ0v) is 20.7. The number of carbonyl (C=O) groups excluding carboxylic acids is 1. The molecular formula is C25H27ClO6S. The Balaban J connectivity index is 2.22. The molecule has 1 unspecified atom stereocenters. The van der Waals surface area contributed by atoms with Crippen molar-refractivity contribution in [3.05, 3.63) is 47.5 Å². The molecular weight excluding hydrogens is 464 g/mol. The first-order valence-corrected chi connectivity index (χ1v) is 12.1. The molecule has 0 heterocycles. The molecule has 6 nitrogen and oxygen atoms in total. The van der Waals surface area contributed by atoms with Gasteiger partial charge in [0, 0.05) is 34.9 Å². The lowest BCUT2D eigenvalue weighted by molar-refractivity contribution is -0.131. The highest BCUT2D eigenvalue weighted by atomic mass is 35.5. The van der Waals surface area contributed by atoms with E-state index < -0.39 is 17.1 Å². The molecule has 0 amide bonds. The van der Waals surface area contributed by atoms with Crippen LogP contribution in [0.2, 0.25) is 5.02 Å². The molecule has 3 aromatic rings. The van der Waals surface area contributed by atoms with Crippen LogP contribution in [0.1, 0.15) is 33.1 Å². The predicted octanol–water partition coefficient (Wildman–Crippen LogP) is 6.17. The third-order valence-electron chi connectivity index (χ3n) is 5.00. The maximum atomic E-state index is 13.3. The van der Waals surface area contributed by atoms with Gasteiger partial charge < -0.3 is 23.5 Å². The summed E-state index contributed by atoms with van der Waals surface area (Å²) in [4.78, 5) is 12.9. The largest absolute Gasteiger partial charge is 0.606 e. The number of rotatable bonds is 10. The number of methoxy groups -OCH3 is 2. The number of benzene rings is 3. The Morgan fingerprint density at radius 1 is 0.970 bits per heavy atom. The number of ether oxygens (including phenoxy) is 4. The third kappa shape index (κ3) is 5.49. The van der Waals surface area contributed by atoms with Crippen molar-refractivity contribution in [1.29, 1.82) is 0 Å². The van der Waals surface area contributed by atoms with Gasteiger partial charge in [-0.25, -0.2) is 0 Å². The minimum atomic E-state index is -1.55. The van der Waals surface area contributed by atoms with Crippen LogP contribution in [0.5, 0.6) is 23.0 Å². The Hall–Kier alpha value is -2.61. The molecule has 8 heteroatoms. The van der Waals surface area contributed by atoms with Gasteiger partial charge in [-0.15, -0.1) is 0 Å². The van der Waals surface area contributed by atoms with E-state index in [4.69, 9.17) is 30.5 Å². The highest BCUT2D eigenvalue weighted by Gasteiger charge is 2.27. The average Bonchev–Trinajstić information content (AvgIpc) is 2.81. The van der Waals surface area contributed by atoms with Gasteiger partial charge >= 0.3 is 5.97 Å². The van der Waals surface area contributed by atoms with Crippen LogP contribution < -0.4 is 18.9 Å². The maximum absolute atomic E-state index is 13.3. The van der Waals surface area contributed by atoms with Crippen LogP contribution in [-0.4, -0.2) is 31.3 Å². The van der Waals surface area contributed by atoms with Crippen LogP contribution in [0.3, 0.4) is 0 Å². The van der Waals surface area contributed by atoms with Crippen LogP contribution in [-0.2, 0) is 16.0 Å². The molecule has 3 aromatic carbocycles. The van der Waals surface area contributed by atoms with Crippen molar-refractivity contribution in [2.75, 3.05) is 20.8 Å². The molecule has 3 rings (SSSR count). The lowest BCUT2D eigenvalue weighted by Crippen LogP contribution is -2.08. The second kappa shape index (κ2) is 11.5. The van der Waals surface area contributed by atoms with E-state index in [-0.39, 0.29) is 11.5 Å². The lowest BCUT2D eigenvalue weighted by atomic mass is 10.1. The molecule has 0 aromatic heterocycles. The lowest BCUT2D eigenvalue weighted by Gasteiger charge is -2.20. The van der Waals surface area contributed by atoms with E-state index in [1.54, 1.807) is 42.5 Å². The fourth-order valence-electron chi connectivity index (χ4n) is 3.48. The zero-order valence-electron chi connectivity index (χ0n) is 19.1. The van der Waals surface area contributed by atoms with Crippen LogP contribution in [0.25, 0.3) is 10.8 Å². The molecule has 0 N–H and O–H groups in total. The summed E-state index contributed by atoms with van der Waals surface area (Å²) in [5.74, 6) is 0.692. The fraction of sp³-hybridized carbons (Fsp3) is 0.320. The number of hydrogen-bond acceptors (Lipinski definition) is 6. The molecule has 0 aliphatic carbocycles. The SMILES string of the molecule is CCCCCOc1c(OC)c(OC)c(OC(C)=O)c2cc([S+]([O-])c3ccccc3Cl)ccc12. The van der Waals surface area contributed by atoms with Crippen LogP contribution in [0.15, 0.2) is 52.3 Å². The Labute approximate surface area is 201 Å². The van der Waals surface area contributed by atoms with Crippen molar-refractivity contribution >= 4 is 39.5 Å². The molecule has 0 bridgehead atoms. The standard InChI is InChI=1S/C25H27ClO6S/c1-5-6-9-14-31-22-18-13-12-17(33(28)21-11-8-7-10-20(21)26)15-19(18)23(32-16(2)27)25(30-4)24(22)29-3/h7-8,10-13,15H,5-6,9,14H2,1-4H3. The van der Waals surface area contributed by atoms with Gasteiger partial charge in [0.1, 0.15) is 0 Å². The number of fused-ring (bicyclic) bond motifs is 1. The Kier molecular flexibility index (Phi) is 8.72. The summed E-state index contributed by atoms with van der Waals surface area (Å²) in [7, 11) is 2.96. The molecule has 0 saturated carbocycles. The number of unbranched alkanes of at least 4 members (excludes halogenated alkanes) is 2. The van der Waals surface area contributed by atoms with Crippen molar-refractivity contribution in [3.8, 4) is 23.0 Å². The van der Waals surface area contributed by atoms with Gasteiger partial charge in [0.15, 0.2) is 21.3 Å². The number of carbonyl (C=O) groups is 1. The fourth-order valence-corrected chi connectivity index (χ4v) is 4.95.